The summed E-state index contributed by atoms with van der Waals surface area (Å²) in [6.07, 6.45) is -4.45. The highest BCUT2D eigenvalue weighted by Crippen LogP contribution is 2.30. The molecular weight excluding hydrogens is 395 g/mol. The van der Waals surface area contributed by atoms with Crippen LogP contribution in [0.5, 0.6) is 0 Å². The third kappa shape index (κ3) is 5.99. The number of hydrogen-bond donors (Lipinski definition) is 1. The van der Waals surface area contributed by atoms with Crippen LogP contribution in [0.4, 0.5) is 18.9 Å². The van der Waals surface area contributed by atoms with E-state index in [9.17, 15) is 22.8 Å². The van der Waals surface area contributed by atoms with Gasteiger partial charge in [0.25, 0.3) is 5.91 Å². The van der Waals surface area contributed by atoms with Gasteiger partial charge in [-0.05, 0) is 47.9 Å². The molecule has 0 heterocycles. The van der Waals surface area contributed by atoms with E-state index in [1.165, 1.54) is 0 Å². The van der Waals surface area contributed by atoms with Crippen molar-refractivity contribution in [3.05, 3.63) is 64.7 Å². The highest BCUT2D eigenvalue weighted by Gasteiger charge is 2.30. The molecule has 4 nitrogen and oxygen atoms in total. The summed E-state index contributed by atoms with van der Waals surface area (Å²) in [6, 6.07) is 10.7. The number of halogens is 4. The van der Waals surface area contributed by atoms with Crippen molar-refractivity contribution in [2.45, 2.75) is 25.9 Å². The zero-order chi connectivity index (χ0) is 20.9. The Bertz CT molecular complexity index is 818. The molecule has 0 radical (unpaired) electrons. The molecule has 2 aromatic carbocycles. The Morgan fingerprint density at radius 1 is 1.04 bits per heavy atom. The second-order valence-electron chi connectivity index (χ2n) is 6.50. The van der Waals surface area contributed by atoms with E-state index in [1.807, 2.05) is 13.8 Å². The second kappa shape index (κ2) is 9.10. The van der Waals surface area contributed by atoms with E-state index in [0.717, 1.165) is 24.3 Å². The van der Waals surface area contributed by atoms with Crippen LogP contribution >= 0.6 is 11.6 Å². The van der Waals surface area contributed by atoms with Crippen molar-refractivity contribution in [3.8, 4) is 0 Å². The average molecular weight is 414 g/mol. The Kier molecular flexibility index (Phi) is 7.07. The second-order valence-corrected chi connectivity index (χ2v) is 6.94. The van der Waals surface area contributed by atoms with E-state index in [1.54, 1.807) is 24.3 Å². The zero-order valence-corrected chi connectivity index (χ0v) is 16.0. The van der Waals surface area contributed by atoms with E-state index < -0.39 is 36.1 Å². The summed E-state index contributed by atoms with van der Waals surface area (Å²) in [5, 5.41) is 2.93. The van der Waals surface area contributed by atoms with Crippen molar-refractivity contribution in [1.29, 1.82) is 0 Å². The highest BCUT2D eigenvalue weighted by atomic mass is 35.5. The minimum absolute atomic E-state index is 0.0772. The Morgan fingerprint density at radius 2 is 1.61 bits per heavy atom. The van der Waals surface area contributed by atoms with Gasteiger partial charge in [0.05, 0.1) is 11.5 Å². The summed E-state index contributed by atoms with van der Waals surface area (Å²) in [4.78, 5) is 24.4. The first-order valence-electron chi connectivity index (χ1n) is 8.47. The topological polar surface area (TPSA) is 55.4 Å². The maximum atomic E-state index is 12.5. The summed E-state index contributed by atoms with van der Waals surface area (Å²) in [6.45, 7) is 3.16. The van der Waals surface area contributed by atoms with Crippen LogP contribution in [-0.4, -0.2) is 18.5 Å². The number of carbonyl (C=O) groups excluding carboxylic acids is 2. The molecule has 2 rings (SSSR count). The Balaban J connectivity index is 1.95. The minimum atomic E-state index is -4.45. The molecule has 1 atom stereocenters. The van der Waals surface area contributed by atoms with Crippen molar-refractivity contribution in [2.75, 3.05) is 11.9 Å². The molecule has 28 heavy (non-hydrogen) atoms. The molecule has 0 saturated heterocycles. The number of alkyl halides is 3. The maximum Gasteiger partial charge on any atom is 0.416 e. The van der Waals surface area contributed by atoms with Crippen LogP contribution in [-0.2, 0) is 20.5 Å². The molecule has 0 bridgehead atoms. The van der Waals surface area contributed by atoms with Crippen LogP contribution in [0, 0.1) is 5.92 Å². The van der Waals surface area contributed by atoms with Crippen LogP contribution in [0.3, 0.4) is 0 Å². The van der Waals surface area contributed by atoms with Crippen molar-refractivity contribution in [2.24, 2.45) is 5.92 Å². The van der Waals surface area contributed by atoms with E-state index in [4.69, 9.17) is 16.3 Å². The van der Waals surface area contributed by atoms with Crippen LogP contribution in [0.2, 0.25) is 5.02 Å². The summed E-state index contributed by atoms with van der Waals surface area (Å²) in [5.41, 5.74) is 0.0689. The van der Waals surface area contributed by atoms with Gasteiger partial charge < -0.3 is 10.1 Å². The molecule has 0 fully saturated rings. The monoisotopic (exact) mass is 413 g/mol. The summed E-state index contributed by atoms with van der Waals surface area (Å²) < 4.78 is 42.7. The van der Waals surface area contributed by atoms with Gasteiger partial charge in [-0.15, -0.1) is 0 Å². The summed E-state index contributed by atoms with van der Waals surface area (Å²) in [5.74, 6) is -1.87. The normalized spacial score (nSPS) is 12.5. The molecule has 0 aromatic heterocycles. The largest absolute Gasteiger partial charge is 0.455 e. The molecule has 0 spiro atoms. The molecule has 0 unspecified atom stereocenters. The summed E-state index contributed by atoms with van der Waals surface area (Å²) in [7, 11) is 0. The van der Waals surface area contributed by atoms with Crippen LogP contribution < -0.4 is 5.32 Å². The van der Waals surface area contributed by atoms with E-state index in [2.05, 4.69) is 5.32 Å². The van der Waals surface area contributed by atoms with E-state index in [0.29, 0.717) is 10.6 Å². The van der Waals surface area contributed by atoms with Crippen molar-refractivity contribution < 1.29 is 27.5 Å². The van der Waals surface area contributed by atoms with Crippen LogP contribution in [0.1, 0.15) is 30.9 Å². The smallest absolute Gasteiger partial charge is 0.416 e. The van der Waals surface area contributed by atoms with E-state index >= 15 is 0 Å². The number of hydrogen-bond acceptors (Lipinski definition) is 3. The maximum absolute atomic E-state index is 12.5. The van der Waals surface area contributed by atoms with Gasteiger partial charge in [0.15, 0.2) is 6.61 Å². The molecule has 8 heteroatoms. The fourth-order valence-electron chi connectivity index (χ4n) is 2.63. The number of rotatable bonds is 6. The predicted octanol–water partition coefficient (Wildman–Crippen LogP) is 5.28. The Hall–Kier alpha value is -2.54. The number of benzene rings is 2. The quantitative estimate of drug-likeness (QED) is 0.655. The first kappa shape index (κ1) is 21.8. The third-order valence-electron chi connectivity index (χ3n) is 3.99. The molecular formula is C20H19ClF3NO3. The van der Waals surface area contributed by atoms with Crippen molar-refractivity contribution in [1.82, 2.24) is 0 Å². The lowest BCUT2D eigenvalue weighted by Crippen LogP contribution is -2.26. The van der Waals surface area contributed by atoms with Gasteiger partial charge in [0.2, 0.25) is 0 Å². The highest BCUT2D eigenvalue weighted by molar-refractivity contribution is 6.30. The number of esters is 1. The molecule has 150 valence electrons. The number of nitrogens with one attached hydrogen (secondary N) is 1. The lowest BCUT2D eigenvalue weighted by atomic mass is 9.88. The van der Waals surface area contributed by atoms with Gasteiger partial charge in [-0.1, -0.05) is 37.6 Å². The van der Waals surface area contributed by atoms with Crippen molar-refractivity contribution in [3.63, 3.8) is 0 Å². The molecule has 1 amide bonds. The minimum Gasteiger partial charge on any atom is -0.455 e. The van der Waals surface area contributed by atoms with Gasteiger partial charge in [-0.2, -0.15) is 13.2 Å². The third-order valence-corrected chi connectivity index (χ3v) is 4.24. The molecule has 0 aliphatic rings. The zero-order valence-electron chi connectivity index (χ0n) is 15.2. The Morgan fingerprint density at radius 3 is 2.11 bits per heavy atom. The fourth-order valence-corrected chi connectivity index (χ4v) is 2.76. The van der Waals surface area contributed by atoms with Gasteiger partial charge >= 0.3 is 12.1 Å². The number of anilines is 1. The van der Waals surface area contributed by atoms with E-state index in [-0.39, 0.29) is 11.6 Å². The van der Waals surface area contributed by atoms with Crippen molar-refractivity contribution >= 4 is 29.2 Å². The lowest BCUT2D eigenvalue weighted by molar-refractivity contribution is -0.149. The van der Waals surface area contributed by atoms with Crippen LogP contribution in [0.15, 0.2) is 48.5 Å². The van der Waals surface area contributed by atoms with Gasteiger partial charge in [-0.3, -0.25) is 9.59 Å². The molecule has 2 aromatic rings. The SMILES string of the molecule is CC(C)[C@H](C(=O)OCC(=O)Nc1ccc(C(F)(F)F)cc1)c1ccc(Cl)cc1. The first-order valence-corrected chi connectivity index (χ1v) is 8.85. The molecule has 0 aliphatic carbocycles. The number of amides is 1. The van der Waals surface area contributed by atoms with Gasteiger partial charge in [0.1, 0.15) is 0 Å². The standard InChI is InChI=1S/C20H19ClF3NO3/c1-12(2)18(13-3-7-15(21)8-4-13)19(27)28-11-17(26)25-16-9-5-14(6-10-16)20(22,23)24/h3-10,12,18H,11H2,1-2H3,(H,25,26)/t18-/m0/s1. The molecule has 0 aliphatic heterocycles. The lowest BCUT2D eigenvalue weighted by Gasteiger charge is -2.20. The molecule has 1 N–H and O–H groups in total. The molecule has 0 saturated carbocycles. The number of carbonyl (C=O) groups is 2. The fraction of sp³-hybridized carbons (Fsp3) is 0.300. The predicted molar refractivity (Wildman–Crippen MR) is 100 cm³/mol. The first-order chi connectivity index (χ1) is 13.1. The van der Waals surface area contributed by atoms with Gasteiger partial charge in [0, 0.05) is 10.7 Å². The van der Waals surface area contributed by atoms with Crippen LogP contribution in [0.25, 0.3) is 0 Å². The Labute approximate surface area is 165 Å². The number of ether oxygens (including phenoxy) is 1. The van der Waals surface area contributed by atoms with Gasteiger partial charge in [-0.25, -0.2) is 0 Å². The summed E-state index contributed by atoms with van der Waals surface area (Å²) >= 11 is 5.86. The average Bonchev–Trinajstić information content (AvgIpc) is 2.61.